The number of hydrogen-bond donors (Lipinski definition) is 4. The molecule has 2 aromatic heterocycles. The lowest BCUT2D eigenvalue weighted by atomic mass is 9.83. The Morgan fingerprint density at radius 2 is 1.06 bits per heavy atom. The van der Waals surface area contributed by atoms with Gasteiger partial charge in [0.05, 0.1) is 28.4 Å². The summed E-state index contributed by atoms with van der Waals surface area (Å²) >= 11 is 2.27. The molecule has 0 saturated carbocycles. The zero-order valence-electron chi connectivity index (χ0n) is 18.7. The molecular formula is C27H23IN4O2. The molecule has 0 unspecified atom stereocenters. The summed E-state index contributed by atoms with van der Waals surface area (Å²) in [6.45, 7) is 4.04. The van der Waals surface area contributed by atoms with Crippen LogP contribution in [0, 0.1) is 17.4 Å². The number of aryl methyl sites for hydroxylation is 2. The van der Waals surface area contributed by atoms with E-state index in [-0.39, 0.29) is 11.1 Å². The van der Waals surface area contributed by atoms with Gasteiger partial charge in [-0.15, -0.1) is 0 Å². The van der Waals surface area contributed by atoms with Crippen LogP contribution in [0.25, 0.3) is 22.5 Å². The van der Waals surface area contributed by atoms with E-state index in [1.165, 1.54) is 0 Å². The molecule has 34 heavy (non-hydrogen) atoms. The minimum Gasteiger partial charge on any atom is -0.297 e. The van der Waals surface area contributed by atoms with Gasteiger partial charge in [-0.05, 0) is 59.2 Å². The van der Waals surface area contributed by atoms with Gasteiger partial charge in [-0.2, -0.15) is 0 Å². The van der Waals surface area contributed by atoms with E-state index in [9.17, 15) is 9.59 Å². The molecule has 0 aliphatic carbocycles. The van der Waals surface area contributed by atoms with E-state index in [1.807, 2.05) is 86.6 Å². The fourth-order valence-corrected chi connectivity index (χ4v) is 5.04. The van der Waals surface area contributed by atoms with E-state index < -0.39 is 5.92 Å². The Morgan fingerprint density at radius 1 is 0.618 bits per heavy atom. The van der Waals surface area contributed by atoms with Gasteiger partial charge in [-0.1, -0.05) is 77.9 Å². The van der Waals surface area contributed by atoms with E-state index in [0.717, 1.165) is 31.4 Å². The van der Waals surface area contributed by atoms with Crippen molar-refractivity contribution in [2.45, 2.75) is 19.8 Å². The average molecular weight is 562 g/mol. The number of aromatic nitrogens is 4. The summed E-state index contributed by atoms with van der Waals surface area (Å²) in [6.07, 6.45) is 0. The van der Waals surface area contributed by atoms with Gasteiger partial charge in [0.25, 0.3) is 11.1 Å². The number of rotatable bonds is 5. The van der Waals surface area contributed by atoms with Gasteiger partial charge in [0.2, 0.25) is 0 Å². The molecule has 0 fully saturated rings. The van der Waals surface area contributed by atoms with Crippen LogP contribution in [-0.2, 0) is 0 Å². The van der Waals surface area contributed by atoms with Gasteiger partial charge in [0, 0.05) is 3.57 Å². The molecule has 0 radical (unpaired) electrons. The van der Waals surface area contributed by atoms with E-state index in [0.29, 0.717) is 22.5 Å². The zero-order chi connectivity index (χ0) is 23.8. The summed E-state index contributed by atoms with van der Waals surface area (Å²) in [6, 6.07) is 23.8. The molecule has 0 amide bonds. The summed E-state index contributed by atoms with van der Waals surface area (Å²) in [7, 11) is 0. The Morgan fingerprint density at radius 3 is 1.50 bits per heavy atom. The molecule has 7 heteroatoms. The quantitative estimate of drug-likeness (QED) is 0.214. The highest BCUT2D eigenvalue weighted by atomic mass is 127. The van der Waals surface area contributed by atoms with Crippen LogP contribution in [0.5, 0.6) is 0 Å². The molecule has 2 heterocycles. The molecule has 0 bridgehead atoms. The van der Waals surface area contributed by atoms with Crippen molar-refractivity contribution in [1.29, 1.82) is 0 Å². The van der Waals surface area contributed by atoms with Crippen LogP contribution in [0.4, 0.5) is 0 Å². The number of benzene rings is 3. The molecule has 0 spiro atoms. The normalized spacial score (nSPS) is 11.3. The summed E-state index contributed by atoms with van der Waals surface area (Å²) in [4.78, 5) is 26.6. The Balaban J connectivity index is 1.82. The largest absolute Gasteiger partial charge is 0.297 e. The molecule has 6 nitrogen and oxygen atoms in total. The average Bonchev–Trinajstić information content (AvgIpc) is 3.40. The predicted octanol–water partition coefficient (Wildman–Crippen LogP) is 5.46. The van der Waals surface area contributed by atoms with Gasteiger partial charge in [-0.3, -0.25) is 30.0 Å². The maximum atomic E-state index is 13.3. The van der Waals surface area contributed by atoms with Crippen molar-refractivity contribution in [1.82, 2.24) is 20.4 Å². The molecule has 170 valence electrons. The molecule has 0 saturated heterocycles. The van der Waals surface area contributed by atoms with Gasteiger partial charge in [0.1, 0.15) is 0 Å². The Labute approximate surface area is 209 Å². The van der Waals surface area contributed by atoms with Crippen molar-refractivity contribution in [3.8, 4) is 22.5 Å². The van der Waals surface area contributed by atoms with Gasteiger partial charge in [0.15, 0.2) is 0 Å². The highest BCUT2D eigenvalue weighted by Crippen LogP contribution is 2.39. The number of hydrogen-bond acceptors (Lipinski definition) is 2. The highest BCUT2D eigenvalue weighted by molar-refractivity contribution is 14.1. The number of aromatic amines is 4. The second-order valence-electron chi connectivity index (χ2n) is 8.42. The molecular weight excluding hydrogens is 539 g/mol. The third-order valence-electron chi connectivity index (χ3n) is 6.10. The summed E-state index contributed by atoms with van der Waals surface area (Å²) in [5.74, 6) is -0.592. The second kappa shape index (κ2) is 8.98. The molecule has 4 N–H and O–H groups in total. The first-order chi connectivity index (χ1) is 16.4. The van der Waals surface area contributed by atoms with Crippen LogP contribution in [-0.4, -0.2) is 20.4 Å². The standard InChI is InChI=1S/C27H23IN4O2/c1-15-7-11-17(12-8-15)24-22(26(33)31-29-24)21(19-5-3-4-6-20(19)28)23-25(30-32-27(23)34)18-13-9-16(2)10-14-18/h3-14,21H,1-2H3,(H2,29,31,33)(H2,30,32,34). The van der Waals surface area contributed by atoms with Crippen LogP contribution in [0.15, 0.2) is 82.4 Å². The van der Waals surface area contributed by atoms with Gasteiger partial charge >= 0.3 is 0 Å². The lowest BCUT2D eigenvalue weighted by Gasteiger charge is -2.19. The van der Waals surface area contributed by atoms with Crippen LogP contribution >= 0.6 is 22.6 Å². The van der Waals surface area contributed by atoms with Gasteiger partial charge < -0.3 is 0 Å². The fraction of sp³-hybridized carbons (Fsp3) is 0.111. The van der Waals surface area contributed by atoms with Crippen LogP contribution in [0.3, 0.4) is 0 Å². The summed E-state index contributed by atoms with van der Waals surface area (Å²) in [5, 5.41) is 11.7. The summed E-state index contributed by atoms with van der Waals surface area (Å²) in [5.41, 5.74) is 6.74. The number of nitrogens with one attached hydrogen (secondary N) is 4. The van der Waals surface area contributed by atoms with Crippen molar-refractivity contribution in [3.05, 3.63) is 125 Å². The van der Waals surface area contributed by atoms with Crippen molar-refractivity contribution in [2.75, 3.05) is 0 Å². The van der Waals surface area contributed by atoms with Crippen molar-refractivity contribution in [3.63, 3.8) is 0 Å². The fourth-order valence-electron chi connectivity index (χ4n) is 4.35. The van der Waals surface area contributed by atoms with Crippen LogP contribution in [0.1, 0.15) is 33.7 Å². The maximum Gasteiger partial charge on any atom is 0.268 e. The second-order valence-corrected chi connectivity index (χ2v) is 9.58. The molecule has 5 aromatic rings. The first kappa shape index (κ1) is 22.2. The Kier molecular flexibility index (Phi) is 5.87. The van der Waals surface area contributed by atoms with Crippen LogP contribution < -0.4 is 11.1 Å². The monoisotopic (exact) mass is 562 g/mol. The van der Waals surface area contributed by atoms with Crippen molar-refractivity contribution in [2.24, 2.45) is 0 Å². The molecule has 0 aliphatic rings. The first-order valence-electron chi connectivity index (χ1n) is 10.9. The van der Waals surface area contributed by atoms with Crippen molar-refractivity contribution < 1.29 is 0 Å². The third-order valence-corrected chi connectivity index (χ3v) is 7.09. The predicted molar refractivity (Wildman–Crippen MR) is 143 cm³/mol. The molecule has 0 atom stereocenters. The van der Waals surface area contributed by atoms with Gasteiger partial charge in [-0.25, -0.2) is 0 Å². The Hall–Kier alpha value is -3.59. The lowest BCUT2D eigenvalue weighted by Crippen LogP contribution is -2.20. The maximum absolute atomic E-state index is 13.3. The minimum atomic E-state index is -0.592. The smallest absolute Gasteiger partial charge is 0.268 e. The SMILES string of the molecule is Cc1ccc(-c2[nH][nH]c(=O)c2C(c2ccccc2I)c2c(-c3ccc(C)cc3)[nH][nH]c2=O)cc1. The molecule has 0 aliphatic heterocycles. The minimum absolute atomic E-state index is 0.254. The first-order valence-corrected chi connectivity index (χ1v) is 12.0. The third kappa shape index (κ3) is 3.96. The summed E-state index contributed by atoms with van der Waals surface area (Å²) < 4.78 is 0.969. The van der Waals surface area contributed by atoms with Crippen LogP contribution in [0.2, 0.25) is 0 Å². The molecule has 3 aromatic carbocycles. The molecule has 5 rings (SSSR count). The Bertz CT molecular complexity index is 1470. The van der Waals surface area contributed by atoms with Crippen molar-refractivity contribution >= 4 is 22.6 Å². The topological polar surface area (TPSA) is 97.3 Å². The van der Waals surface area contributed by atoms with E-state index >= 15 is 0 Å². The zero-order valence-corrected chi connectivity index (χ0v) is 20.9. The highest BCUT2D eigenvalue weighted by Gasteiger charge is 2.32. The van der Waals surface area contributed by atoms with E-state index in [1.54, 1.807) is 0 Å². The number of halogens is 1. The lowest BCUT2D eigenvalue weighted by molar-refractivity contribution is 0.947. The van der Waals surface area contributed by atoms with E-state index in [2.05, 4.69) is 43.0 Å². The van der Waals surface area contributed by atoms with E-state index in [4.69, 9.17) is 0 Å². The number of H-pyrrole nitrogens is 4.